The number of hydrogen-bond donors (Lipinski definition) is 1. The zero-order chi connectivity index (χ0) is 13.1. The van der Waals surface area contributed by atoms with Crippen molar-refractivity contribution in [3.8, 4) is 0 Å². The number of hydrogen-bond acceptors (Lipinski definition) is 4. The lowest BCUT2D eigenvalue weighted by Gasteiger charge is -2.16. The van der Waals surface area contributed by atoms with Gasteiger partial charge in [-0.15, -0.1) is 0 Å². The third-order valence-electron chi connectivity index (χ3n) is 2.30. The van der Waals surface area contributed by atoms with Gasteiger partial charge in [0.1, 0.15) is 5.82 Å². The number of rotatable bonds is 5. The Hall–Kier alpha value is -1.14. The van der Waals surface area contributed by atoms with Crippen LogP contribution in [0.4, 0.5) is 5.82 Å². The quantitative estimate of drug-likeness (QED) is 0.854. The molecule has 0 spiro atoms. The molecular weight excluding hydrogens is 238 g/mol. The predicted octanol–water partition coefficient (Wildman–Crippen LogP) is 0.975. The Morgan fingerprint density at radius 1 is 1.41 bits per heavy atom. The highest BCUT2D eigenvalue weighted by Crippen LogP contribution is 2.12. The Morgan fingerprint density at radius 2 is 2.06 bits per heavy atom. The maximum atomic E-state index is 11.4. The third kappa shape index (κ3) is 4.32. The monoisotopic (exact) mass is 257 g/mol. The fraction of sp³-hybridized carbons (Fsp3) is 0.545. The molecule has 0 unspecified atom stereocenters. The first-order chi connectivity index (χ1) is 7.80. The van der Waals surface area contributed by atoms with E-state index in [1.54, 1.807) is 12.1 Å². The van der Waals surface area contributed by atoms with Crippen molar-refractivity contribution in [3.63, 3.8) is 0 Å². The summed E-state index contributed by atoms with van der Waals surface area (Å²) in [4.78, 5) is 4.30. The predicted molar refractivity (Wildman–Crippen MR) is 69.5 cm³/mol. The Bertz CT molecular complexity index is 471. The van der Waals surface area contributed by atoms with Gasteiger partial charge >= 0.3 is 0 Å². The summed E-state index contributed by atoms with van der Waals surface area (Å²) >= 11 is 0. The Balaban J connectivity index is 2.86. The molecule has 1 heterocycles. The van der Waals surface area contributed by atoms with Crippen LogP contribution in [-0.2, 0) is 16.6 Å². The van der Waals surface area contributed by atoms with Crippen molar-refractivity contribution in [3.05, 3.63) is 23.9 Å². The van der Waals surface area contributed by atoms with Crippen LogP contribution in [0.5, 0.6) is 0 Å². The summed E-state index contributed by atoms with van der Waals surface area (Å²) in [5, 5.41) is 3.24. The van der Waals surface area contributed by atoms with E-state index >= 15 is 0 Å². The summed E-state index contributed by atoms with van der Waals surface area (Å²) in [6.07, 6.45) is 1.16. The van der Waals surface area contributed by atoms with Gasteiger partial charge in [-0.25, -0.2) is 13.4 Å². The van der Waals surface area contributed by atoms with Crippen LogP contribution < -0.4 is 9.62 Å². The molecule has 0 aliphatic carbocycles. The minimum absolute atomic E-state index is 0.369. The zero-order valence-corrected chi connectivity index (χ0v) is 11.5. The molecule has 17 heavy (non-hydrogen) atoms. The highest BCUT2D eigenvalue weighted by molar-refractivity contribution is 7.92. The Morgan fingerprint density at radius 3 is 2.59 bits per heavy atom. The molecule has 0 saturated carbocycles. The second-order valence-electron chi connectivity index (χ2n) is 4.25. The highest BCUT2D eigenvalue weighted by Gasteiger charge is 2.13. The van der Waals surface area contributed by atoms with Crippen LogP contribution in [-0.4, -0.2) is 32.7 Å². The van der Waals surface area contributed by atoms with E-state index in [1.807, 2.05) is 19.9 Å². The van der Waals surface area contributed by atoms with Crippen LogP contribution in [0.25, 0.3) is 0 Å². The highest BCUT2D eigenvalue weighted by atomic mass is 32.2. The molecule has 0 amide bonds. The van der Waals surface area contributed by atoms with Crippen molar-refractivity contribution in [2.24, 2.45) is 0 Å². The van der Waals surface area contributed by atoms with Gasteiger partial charge in [-0.3, -0.25) is 4.31 Å². The summed E-state index contributed by atoms with van der Waals surface area (Å²) in [7, 11) is -1.76. The van der Waals surface area contributed by atoms with Gasteiger partial charge in [0.15, 0.2) is 0 Å². The first-order valence-corrected chi connectivity index (χ1v) is 7.29. The molecular formula is C11H19N3O2S. The van der Waals surface area contributed by atoms with E-state index in [0.717, 1.165) is 11.9 Å². The van der Waals surface area contributed by atoms with Crippen LogP contribution in [0.3, 0.4) is 0 Å². The van der Waals surface area contributed by atoms with Crippen LogP contribution in [0.1, 0.15) is 19.5 Å². The molecule has 0 aromatic carbocycles. The maximum absolute atomic E-state index is 11.4. The van der Waals surface area contributed by atoms with Crippen LogP contribution in [0.2, 0.25) is 0 Å². The lowest BCUT2D eigenvalue weighted by Crippen LogP contribution is -2.27. The summed E-state index contributed by atoms with van der Waals surface area (Å²) in [6, 6.07) is 5.73. The minimum atomic E-state index is -3.25. The molecule has 0 aliphatic rings. The number of pyridine rings is 1. The number of anilines is 1. The maximum Gasteiger partial charge on any atom is 0.233 e. The van der Waals surface area contributed by atoms with Crippen LogP contribution in [0, 0.1) is 0 Å². The molecule has 0 saturated heterocycles. The van der Waals surface area contributed by atoms with Gasteiger partial charge < -0.3 is 5.32 Å². The normalized spacial score (nSPS) is 11.8. The average Bonchev–Trinajstić information content (AvgIpc) is 2.24. The molecule has 1 aromatic rings. The van der Waals surface area contributed by atoms with Gasteiger partial charge in [-0.1, -0.05) is 19.9 Å². The molecule has 0 radical (unpaired) electrons. The lowest BCUT2D eigenvalue weighted by atomic mass is 10.3. The molecule has 1 rings (SSSR count). The van der Waals surface area contributed by atoms with Gasteiger partial charge in [0, 0.05) is 19.6 Å². The van der Waals surface area contributed by atoms with Crippen molar-refractivity contribution in [1.29, 1.82) is 0 Å². The number of nitrogens with zero attached hydrogens (tertiary/aromatic N) is 2. The van der Waals surface area contributed by atoms with E-state index in [4.69, 9.17) is 0 Å². The summed E-state index contributed by atoms with van der Waals surface area (Å²) < 4.78 is 23.9. The van der Waals surface area contributed by atoms with E-state index < -0.39 is 10.0 Å². The second kappa shape index (κ2) is 5.46. The lowest BCUT2D eigenvalue weighted by molar-refractivity contribution is 0.581. The van der Waals surface area contributed by atoms with Gasteiger partial charge in [0.25, 0.3) is 0 Å². The zero-order valence-electron chi connectivity index (χ0n) is 10.6. The molecule has 0 fully saturated rings. The Kier molecular flexibility index (Phi) is 4.47. The average molecular weight is 257 g/mol. The van der Waals surface area contributed by atoms with Gasteiger partial charge in [0.2, 0.25) is 10.0 Å². The van der Waals surface area contributed by atoms with Gasteiger partial charge in [-0.2, -0.15) is 0 Å². The largest absolute Gasteiger partial charge is 0.309 e. The van der Waals surface area contributed by atoms with Gasteiger partial charge in [0.05, 0.1) is 11.9 Å². The third-order valence-corrected chi connectivity index (χ3v) is 3.49. The molecule has 0 bridgehead atoms. The molecule has 0 atom stereocenters. The number of aromatic nitrogens is 1. The topological polar surface area (TPSA) is 62.3 Å². The standard InChI is InChI=1S/C11H19N3O2S/c1-9(2)12-8-10-6-5-7-11(13-10)14(3)17(4,15)16/h5-7,9,12H,8H2,1-4H3. The second-order valence-corrected chi connectivity index (χ2v) is 6.27. The first-order valence-electron chi connectivity index (χ1n) is 5.44. The van der Waals surface area contributed by atoms with E-state index in [1.165, 1.54) is 11.4 Å². The molecule has 96 valence electrons. The molecule has 1 aromatic heterocycles. The molecule has 5 nitrogen and oxygen atoms in total. The molecule has 0 aliphatic heterocycles. The van der Waals surface area contributed by atoms with E-state index in [9.17, 15) is 8.42 Å². The van der Waals surface area contributed by atoms with E-state index in [2.05, 4.69) is 10.3 Å². The smallest absolute Gasteiger partial charge is 0.233 e. The molecule has 6 heteroatoms. The fourth-order valence-corrected chi connectivity index (χ4v) is 1.66. The van der Waals surface area contributed by atoms with Crippen molar-refractivity contribution in [1.82, 2.24) is 10.3 Å². The fourth-order valence-electron chi connectivity index (χ4n) is 1.22. The van der Waals surface area contributed by atoms with Crippen LogP contribution >= 0.6 is 0 Å². The minimum Gasteiger partial charge on any atom is -0.309 e. The summed E-state index contributed by atoms with van der Waals surface area (Å²) in [5.41, 5.74) is 0.826. The summed E-state index contributed by atoms with van der Waals surface area (Å²) in [6.45, 7) is 4.72. The van der Waals surface area contributed by atoms with Gasteiger partial charge in [-0.05, 0) is 12.1 Å². The van der Waals surface area contributed by atoms with Crippen molar-refractivity contribution in [2.45, 2.75) is 26.4 Å². The Labute approximate surface area is 103 Å². The van der Waals surface area contributed by atoms with E-state index in [-0.39, 0.29) is 0 Å². The van der Waals surface area contributed by atoms with Crippen molar-refractivity contribution < 1.29 is 8.42 Å². The SMILES string of the molecule is CC(C)NCc1cccc(N(C)S(C)(=O)=O)n1. The number of sulfonamides is 1. The first kappa shape index (κ1) is 13.9. The van der Waals surface area contributed by atoms with Crippen molar-refractivity contribution in [2.75, 3.05) is 17.6 Å². The number of nitrogens with one attached hydrogen (secondary N) is 1. The van der Waals surface area contributed by atoms with Crippen molar-refractivity contribution >= 4 is 15.8 Å². The molecule has 1 N–H and O–H groups in total. The van der Waals surface area contributed by atoms with Crippen LogP contribution in [0.15, 0.2) is 18.2 Å². The summed E-state index contributed by atoms with van der Waals surface area (Å²) in [5.74, 6) is 0.440. The van der Waals surface area contributed by atoms with E-state index in [0.29, 0.717) is 18.4 Å².